The van der Waals surface area contributed by atoms with Gasteiger partial charge in [0.25, 0.3) is 11.8 Å². The molecule has 0 spiro atoms. The minimum Gasteiger partial charge on any atom is -0.267 e. The molecule has 0 aliphatic rings. The molecule has 0 bridgehead atoms. The first-order valence-electron chi connectivity index (χ1n) is 6.41. The molecule has 0 aliphatic heterocycles. The number of halogens is 1. The number of carbonyl (C=O) groups excluding carboxylic acids is 2. The lowest BCUT2D eigenvalue weighted by atomic mass is 10.1. The van der Waals surface area contributed by atoms with Gasteiger partial charge in [-0.2, -0.15) is 0 Å². The van der Waals surface area contributed by atoms with Crippen molar-refractivity contribution in [1.29, 1.82) is 0 Å². The Morgan fingerprint density at radius 1 is 0.905 bits per heavy atom. The smallest absolute Gasteiger partial charge is 0.267 e. The second-order valence-corrected chi connectivity index (χ2v) is 4.76. The molecule has 2 N–H and O–H groups in total. The third kappa shape index (κ3) is 3.66. The Hall–Kier alpha value is -2.69. The van der Waals surface area contributed by atoms with Crippen molar-refractivity contribution in [2.24, 2.45) is 0 Å². The fourth-order valence-corrected chi connectivity index (χ4v) is 2.00. The molecule has 2 aromatic rings. The van der Waals surface area contributed by atoms with Gasteiger partial charge in [-0.25, -0.2) is 4.39 Å². The van der Waals surface area contributed by atoms with Gasteiger partial charge in [-0.15, -0.1) is 0 Å². The Labute approximate surface area is 122 Å². The third-order valence-corrected chi connectivity index (χ3v) is 2.89. The van der Waals surface area contributed by atoms with Gasteiger partial charge in [0.15, 0.2) is 0 Å². The van der Waals surface area contributed by atoms with Crippen molar-refractivity contribution in [2.75, 3.05) is 0 Å². The third-order valence-electron chi connectivity index (χ3n) is 2.89. The Kier molecular flexibility index (Phi) is 4.33. The van der Waals surface area contributed by atoms with Crippen molar-refractivity contribution in [3.8, 4) is 0 Å². The highest BCUT2D eigenvalue weighted by atomic mass is 19.1. The second-order valence-electron chi connectivity index (χ2n) is 4.76. The van der Waals surface area contributed by atoms with Crippen molar-refractivity contribution in [3.05, 3.63) is 70.5 Å². The van der Waals surface area contributed by atoms with Crippen LogP contribution in [0.2, 0.25) is 0 Å². The van der Waals surface area contributed by atoms with Crippen LogP contribution < -0.4 is 10.9 Å². The molecule has 2 aromatic carbocycles. The van der Waals surface area contributed by atoms with Gasteiger partial charge in [0.1, 0.15) is 5.82 Å². The molecule has 0 atom stereocenters. The number of hydrogen-bond donors (Lipinski definition) is 2. The van der Waals surface area contributed by atoms with Gasteiger partial charge >= 0.3 is 0 Å². The summed E-state index contributed by atoms with van der Waals surface area (Å²) in [5.41, 5.74) is 6.67. The number of carbonyl (C=O) groups is 2. The predicted molar refractivity (Wildman–Crippen MR) is 77.2 cm³/mol. The van der Waals surface area contributed by atoms with E-state index in [2.05, 4.69) is 10.9 Å². The fourth-order valence-electron chi connectivity index (χ4n) is 2.00. The van der Waals surface area contributed by atoms with Crippen molar-refractivity contribution in [1.82, 2.24) is 10.9 Å². The number of hydrogen-bond acceptors (Lipinski definition) is 2. The predicted octanol–water partition coefficient (Wildman–Crippen LogP) is 2.52. The van der Waals surface area contributed by atoms with Crippen LogP contribution in [0.1, 0.15) is 31.8 Å². The minimum atomic E-state index is -0.703. The molecule has 108 valence electrons. The summed E-state index contributed by atoms with van der Waals surface area (Å²) < 4.78 is 13.4. The summed E-state index contributed by atoms with van der Waals surface area (Å²) in [5, 5.41) is 0. The van der Waals surface area contributed by atoms with E-state index in [1.165, 1.54) is 18.2 Å². The number of aryl methyl sites for hydroxylation is 2. The van der Waals surface area contributed by atoms with E-state index in [0.717, 1.165) is 11.1 Å². The lowest BCUT2D eigenvalue weighted by molar-refractivity contribution is 0.0844. The van der Waals surface area contributed by atoms with Crippen LogP contribution in [-0.4, -0.2) is 11.8 Å². The van der Waals surface area contributed by atoms with Gasteiger partial charge in [0, 0.05) is 5.56 Å². The Balaban J connectivity index is 2.04. The van der Waals surface area contributed by atoms with Crippen LogP contribution >= 0.6 is 0 Å². The second kappa shape index (κ2) is 6.17. The highest BCUT2D eigenvalue weighted by Gasteiger charge is 2.12. The first-order chi connectivity index (χ1) is 9.97. The summed E-state index contributed by atoms with van der Waals surface area (Å²) >= 11 is 0. The maximum Gasteiger partial charge on any atom is 0.272 e. The molecule has 0 fully saturated rings. The normalized spacial score (nSPS) is 10.0. The van der Waals surface area contributed by atoms with Crippen molar-refractivity contribution in [2.45, 2.75) is 13.8 Å². The van der Waals surface area contributed by atoms with Crippen LogP contribution in [0.5, 0.6) is 0 Å². The number of nitrogens with one attached hydrogen (secondary N) is 2. The fraction of sp³-hybridized carbons (Fsp3) is 0.125. The first kappa shape index (κ1) is 14.7. The first-order valence-corrected chi connectivity index (χ1v) is 6.41. The van der Waals surface area contributed by atoms with Crippen LogP contribution in [0, 0.1) is 19.7 Å². The van der Waals surface area contributed by atoms with Crippen LogP contribution in [0.4, 0.5) is 4.39 Å². The number of amides is 2. The molecule has 0 radical (unpaired) electrons. The maximum absolute atomic E-state index is 13.4. The largest absolute Gasteiger partial charge is 0.272 e. The van der Waals surface area contributed by atoms with E-state index < -0.39 is 17.6 Å². The molecule has 2 amide bonds. The van der Waals surface area contributed by atoms with Gasteiger partial charge in [0.2, 0.25) is 0 Å². The summed E-state index contributed by atoms with van der Waals surface area (Å²) in [5.74, 6) is -1.80. The highest BCUT2D eigenvalue weighted by molar-refractivity contribution is 5.99. The van der Waals surface area contributed by atoms with E-state index in [9.17, 15) is 14.0 Å². The summed E-state index contributed by atoms with van der Waals surface area (Å²) in [4.78, 5) is 23.7. The van der Waals surface area contributed by atoms with Crippen molar-refractivity contribution >= 4 is 11.8 Å². The molecular formula is C16H15FN2O2. The molecule has 0 aliphatic carbocycles. The number of rotatable bonds is 2. The summed E-state index contributed by atoms with van der Waals surface area (Å²) in [6, 6.07) is 10.9. The zero-order valence-electron chi connectivity index (χ0n) is 11.7. The van der Waals surface area contributed by atoms with Gasteiger partial charge in [-0.05, 0) is 38.1 Å². The van der Waals surface area contributed by atoms with E-state index in [4.69, 9.17) is 0 Å². The number of hydrazine groups is 1. The monoisotopic (exact) mass is 286 g/mol. The van der Waals surface area contributed by atoms with Crippen LogP contribution in [0.25, 0.3) is 0 Å². The molecule has 2 rings (SSSR count). The molecule has 5 heteroatoms. The van der Waals surface area contributed by atoms with Gasteiger partial charge in [-0.3, -0.25) is 20.4 Å². The topological polar surface area (TPSA) is 58.2 Å². The SMILES string of the molecule is Cc1cc(C)cc(C(=O)NNC(=O)c2ccccc2F)c1. The van der Waals surface area contributed by atoms with E-state index >= 15 is 0 Å². The van der Waals surface area contributed by atoms with Crippen molar-refractivity contribution < 1.29 is 14.0 Å². The summed E-state index contributed by atoms with van der Waals surface area (Å²) in [6.07, 6.45) is 0. The van der Waals surface area contributed by atoms with Gasteiger partial charge in [-0.1, -0.05) is 29.3 Å². The molecule has 0 unspecified atom stereocenters. The van der Waals surface area contributed by atoms with Gasteiger partial charge < -0.3 is 0 Å². The van der Waals surface area contributed by atoms with E-state index in [1.807, 2.05) is 19.9 Å². The van der Waals surface area contributed by atoms with Crippen LogP contribution in [0.15, 0.2) is 42.5 Å². The number of benzene rings is 2. The average molecular weight is 286 g/mol. The minimum absolute atomic E-state index is 0.127. The zero-order valence-corrected chi connectivity index (χ0v) is 11.7. The molecule has 0 aromatic heterocycles. The Bertz CT molecular complexity index is 678. The summed E-state index contributed by atoms with van der Waals surface area (Å²) in [6.45, 7) is 3.75. The molecule has 4 nitrogen and oxygen atoms in total. The van der Waals surface area contributed by atoms with Crippen LogP contribution in [-0.2, 0) is 0 Å². The Morgan fingerprint density at radius 3 is 2.10 bits per heavy atom. The molecule has 0 saturated carbocycles. The lowest BCUT2D eigenvalue weighted by Gasteiger charge is -2.09. The van der Waals surface area contributed by atoms with Gasteiger partial charge in [0.05, 0.1) is 5.56 Å². The standard InChI is InChI=1S/C16H15FN2O2/c1-10-7-11(2)9-12(8-10)15(20)18-19-16(21)13-5-3-4-6-14(13)17/h3-9H,1-2H3,(H,18,20)(H,19,21). The lowest BCUT2D eigenvalue weighted by Crippen LogP contribution is -2.42. The van der Waals surface area contributed by atoms with E-state index in [1.54, 1.807) is 18.2 Å². The summed E-state index contributed by atoms with van der Waals surface area (Å²) in [7, 11) is 0. The zero-order chi connectivity index (χ0) is 15.4. The Morgan fingerprint density at radius 2 is 1.48 bits per heavy atom. The van der Waals surface area contributed by atoms with E-state index in [-0.39, 0.29) is 5.56 Å². The quantitative estimate of drug-likeness (QED) is 0.833. The average Bonchev–Trinajstić information content (AvgIpc) is 2.43. The highest BCUT2D eigenvalue weighted by Crippen LogP contribution is 2.09. The molecule has 21 heavy (non-hydrogen) atoms. The van der Waals surface area contributed by atoms with E-state index in [0.29, 0.717) is 5.56 Å². The maximum atomic E-state index is 13.4. The van der Waals surface area contributed by atoms with Crippen LogP contribution in [0.3, 0.4) is 0 Å². The molecule has 0 heterocycles. The van der Waals surface area contributed by atoms with Crippen molar-refractivity contribution in [3.63, 3.8) is 0 Å². The molecule has 0 saturated heterocycles. The molecular weight excluding hydrogens is 271 g/mol.